The van der Waals surface area contributed by atoms with Crippen molar-refractivity contribution in [1.29, 1.82) is 0 Å². The van der Waals surface area contributed by atoms with Crippen LogP contribution in [0.15, 0.2) is 84.9 Å². The summed E-state index contributed by atoms with van der Waals surface area (Å²) in [6.45, 7) is 13.6. The molecule has 0 bridgehead atoms. The molecule has 1 saturated heterocycles. The van der Waals surface area contributed by atoms with Gasteiger partial charge < -0.3 is 19.5 Å². The number of hydroxylamine groups is 1. The van der Waals surface area contributed by atoms with Crippen molar-refractivity contribution in [3.63, 3.8) is 0 Å². The van der Waals surface area contributed by atoms with E-state index in [0.717, 1.165) is 40.7 Å². The number of allylic oxidation sites excluding steroid dienone is 1. The van der Waals surface area contributed by atoms with E-state index in [2.05, 4.69) is 28.4 Å². The van der Waals surface area contributed by atoms with Crippen molar-refractivity contribution in [3.05, 3.63) is 102 Å². The molecule has 60 heavy (non-hydrogen) atoms. The molecule has 3 aromatic rings. The SMILES string of the molecule is CC(C)C[C@@H](C(=O)NN)[C@H](C(=O)NOC1CCCCO1)C(/C=C/c1ccccc1)(CC(C)C)C(=O)[C@@H](COC(C)(C)C)NC(=O)OCC1c2ccccc2-c2ccccc21. The number of ether oxygens (including phenoxy) is 3. The van der Waals surface area contributed by atoms with E-state index in [4.69, 9.17) is 24.9 Å². The van der Waals surface area contributed by atoms with Crippen LogP contribution in [0.25, 0.3) is 17.2 Å². The highest BCUT2D eigenvalue weighted by molar-refractivity contribution is 6.00. The van der Waals surface area contributed by atoms with E-state index in [-0.39, 0.29) is 43.8 Å². The van der Waals surface area contributed by atoms with Crippen LogP contribution in [-0.2, 0) is 33.4 Å². The van der Waals surface area contributed by atoms with Crippen LogP contribution in [0.3, 0.4) is 0 Å². The molecule has 0 aromatic heterocycles. The fourth-order valence-corrected chi connectivity index (χ4v) is 8.52. The summed E-state index contributed by atoms with van der Waals surface area (Å²) < 4.78 is 18.0. The van der Waals surface area contributed by atoms with Crippen LogP contribution in [0, 0.1) is 29.1 Å². The van der Waals surface area contributed by atoms with Gasteiger partial charge in [-0.05, 0) is 86.1 Å². The number of carbonyl (C=O) groups excluding carboxylic acids is 4. The third kappa shape index (κ3) is 11.9. The molecule has 0 radical (unpaired) electrons. The Bertz CT molecular complexity index is 1890. The first-order valence-corrected chi connectivity index (χ1v) is 21.2. The summed E-state index contributed by atoms with van der Waals surface area (Å²) in [5.41, 5.74) is 7.45. The van der Waals surface area contributed by atoms with E-state index in [0.29, 0.717) is 13.0 Å². The largest absolute Gasteiger partial charge is 0.449 e. The number of rotatable bonds is 19. The lowest BCUT2D eigenvalue weighted by Crippen LogP contribution is -2.59. The van der Waals surface area contributed by atoms with Gasteiger partial charge in [-0.1, -0.05) is 119 Å². The molecule has 0 spiro atoms. The molecule has 3 amide bonds. The molecule has 2 unspecified atom stereocenters. The van der Waals surface area contributed by atoms with E-state index in [1.54, 1.807) is 12.2 Å². The first-order valence-electron chi connectivity index (χ1n) is 21.2. The smallest absolute Gasteiger partial charge is 0.407 e. The molecule has 1 fully saturated rings. The monoisotopic (exact) mass is 824 g/mol. The molecule has 5 rings (SSSR count). The fraction of sp³-hybridized carbons (Fsp3) is 0.500. The number of nitrogens with one attached hydrogen (secondary N) is 3. The maximum atomic E-state index is 15.9. The number of nitrogens with two attached hydrogens (primary N) is 1. The minimum atomic E-state index is -1.74. The van der Waals surface area contributed by atoms with Gasteiger partial charge in [0.2, 0.25) is 11.8 Å². The number of Topliss-reactive ketones (excluding diaryl/α,β-unsaturated/α-hetero) is 1. The van der Waals surface area contributed by atoms with E-state index in [9.17, 15) is 14.4 Å². The zero-order valence-electron chi connectivity index (χ0n) is 36.2. The fourth-order valence-electron chi connectivity index (χ4n) is 8.52. The molecule has 2 aliphatic rings. The average molecular weight is 825 g/mol. The normalized spacial score (nSPS) is 17.9. The van der Waals surface area contributed by atoms with Crippen molar-refractivity contribution >= 4 is 29.8 Å². The molecule has 5 atom stereocenters. The lowest BCUT2D eigenvalue weighted by Gasteiger charge is -2.43. The summed E-state index contributed by atoms with van der Waals surface area (Å²) in [5.74, 6) is 1.04. The van der Waals surface area contributed by atoms with Gasteiger partial charge in [-0.25, -0.2) is 21.0 Å². The second-order valence-corrected chi connectivity index (χ2v) is 17.8. The van der Waals surface area contributed by atoms with Crippen molar-refractivity contribution in [2.24, 2.45) is 34.9 Å². The van der Waals surface area contributed by atoms with Crippen molar-refractivity contribution in [2.45, 2.75) is 104 Å². The number of amides is 3. The van der Waals surface area contributed by atoms with E-state index >= 15 is 4.79 Å². The maximum absolute atomic E-state index is 15.9. The predicted molar refractivity (Wildman–Crippen MR) is 232 cm³/mol. The summed E-state index contributed by atoms with van der Waals surface area (Å²) in [7, 11) is 0. The first-order chi connectivity index (χ1) is 28.6. The van der Waals surface area contributed by atoms with Crippen molar-refractivity contribution < 1.29 is 38.2 Å². The molecule has 1 heterocycles. The summed E-state index contributed by atoms with van der Waals surface area (Å²) in [5, 5.41) is 2.86. The minimum Gasteiger partial charge on any atom is -0.449 e. The Hall–Kier alpha value is -4.88. The van der Waals surface area contributed by atoms with Crippen LogP contribution >= 0.6 is 0 Å². The van der Waals surface area contributed by atoms with Gasteiger partial charge >= 0.3 is 6.09 Å². The van der Waals surface area contributed by atoms with Gasteiger partial charge in [-0.2, -0.15) is 0 Å². The highest BCUT2D eigenvalue weighted by Gasteiger charge is 2.55. The topological polar surface area (TPSA) is 167 Å². The highest BCUT2D eigenvalue weighted by atomic mass is 16.8. The van der Waals surface area contributed by atoms with Crippen molar-refractivity contribution in [3.8, 4) is 11.1 Å². The Balaban J connectivity index is 1.59. The minimum absolute atomic E-state index is 0.0185. The third-order valence-corrected chi connectivity index (χ3v) is 11.1. The molecule has 12 heteroatoms. The Kier molecular flexibility index (Phi) is 16.2. The number of hydrazine groups is 1. The second kappa shape index (κ2) is 21.1. The molecule has 0 saturated carbocycles. The Labute approximate surface area is 355 Å². The summed E-state index contributed by atoms with van der Waals surface area (Å²) in [4.78, 5) is 64.7. The van der Waals surface area contributed by atoms with Gasteiger partial charge in [0.05, 0.1) is 29.5 Å². The van der Waals surface area contributed by atoms with Crippen molar-refractivity contribution in [2.75, 3.05) is 19.8 Å². The highest BCUT2D eigenvalue weighted by Crippen LogP contribution is 2.46. The first kappa shape index (κ1) is 46.2. The van der Waals surface area contributed by atoms with Crippen LogP contribution in [0.5, 0.6) is 0 Å². The third-order valence-electron chi connectivity index (χ3n) is 11.1. The number of fused-ring (bicyclic) bond motifs is 3. The summed E-state index contributed by atoms with van der Waals surface area (Å²) in [6, 6.07) is 24.1. The Morgan fingerprint density at radius 1 is 0.850 bits per heavy atom. The van der Waals surface area contributed by atoms with E-state index in [1.807, 2.05) is 115 Å². The molecule has 12 nitrogen and oxygen atoms in total. The van der Waals surface area contributed by atoms with E-state index < -0.39 is 58.9 Å². The molecule has 3 aromatic carbocycles. The number of carbonyl (C=O) groups is 4. The molecule has 5 N–H and O–H groups in total. The molecule has 1 aliphatic carbocycles. The molecule has 1 aliphatic heterocycles. The van der Waals surface area contributed by atoms with Crippen LogP contribution in [0.4, 0.5) is 4.79 Å². The van der Waals surface area contributed by atoms with Gasteiger partial charge in [0.25, 0.3) is 0 Å². The number of benzene rings is 3. The van der Waals surface area contributed by atoms with Crippen LogP contribution in [-0.4, -0.2) is 61.4 Å². The second-order valence-electron chi connectivity index (χ2n) is 17.8. The standard InChI is InChI=1S/C48H64N4O8/c1-31(2)27-38(44(54)51-49)42(45(55)52-60-41-23-15-16-26-57-41)48(28-32(3)4,25-24-33-17-9-8-10-18-33)43(53)40(30-59-47(5,6)7)50-46(56)58-29-39-36-21-13-11-19-34(36)35-20-12-14-22-37(35)39/h8-14,17-22,24-25,31-32,38-42H,15-16,23,26-30,49H2,1-7H3,(H,50,56)(H,51,54)(H,52,55)/b25-24+/t38-,40-,41?,42-,48?/m1/s1. The van der Waals surface area contributed by atoms with Gasteiger partial charge in [0.15, 0.2) is 12.1 Å². The lowest BCUT2D eigenvalue weighted by molar-refractivity contribution is -0.205. The Morgan fingerprint density at radius 3 is 2.05 bits per heavy atom. The quantitative estimate of drug-likeness (QED) is 0.0535. The molecular weight excluding hydrogens is 761 g/mol. The lowest BCUT2D eigenvalue weighted by atomic mass is 9.60. The van der Waals surface area contributed by atoms with Crippen LogP contribution in [0.2, 0.25) is 0 Å². The molecular formula is C48H64N4O8. The number of hydrogen-bond donors (Lipinski definition) is 4. The summed E-state index contributed by atoms with van der Waals surface area (Å²) in [6.07, 6.45) is 4.57. The van der Waals surface area contributed by atoms with Gasteiger partial charge in [0.1, 0.15) is 12.6 Å². The summed E-state index contributed by atoms with van der Waals surface area (Å²) >= 11 is 0. The average Bonchev–Trinajstić information content (AvgIpc) is 3.55. The van der Waals surface area contributed by atoms with Gasteiger partial charge in [-0.3, -0.25) is 19.8 Å². The number of ketones is 1. The zero-order chi connectivity index (χ0) is 43.5. The number of hydrogen-bond acceptors (Lipinski definition) is 9. The van der Waals surface area contributed by atoms with Gasteiger partial charge in [-0.15, -0.1) is 0 Å². The van der Waals surface area contributed by atoms with Crippen LogP contribution in [0.1, 0.15) is 103 Å². The Morgan fingerprint density at radius 2 is 1.48 bits per heavy atom. The zero-order valence-corrected chi connectivity index (χ0v) is 36.2. The number of alkyl carbamates (subject to hydrolysis) is 1. The van der Waals surface area contributed by atoms with Gasteiger partial charge in [0, 0.05) is 18.9 Å². The predicted octanol–water partition coefficient (Wildman–Crippen LogP) is 7.87. The van der Waals surface area contributed by atoms with E-state index in [1.165, 1.54) is 0 Å². The maximum Gasteiger partial charge on any atom is 0.407 e. The van der Waals surface area contributed by atoms with Crippen molar-refractivity contribution in [1.82, 2.24) is 16.2 Å². The van der Waals surface area contributed by atoms with Crippen LogP contribution < -0.4 is 22.1 Å². The molecule has 324 valence electrons.